The van der Waals surface area contributed by atoms with E-state index in [-0.39, 0.29) is 6.10 Å². The molecule has 0 bridgehead atoms. The molecule has 0 heterocycles. The van der Waals surface area contributed by atoms with E-state index in [2.05, 4.69) is 20.8 Å². The number of aliphatic hydroxyl groups is 1. The molecule has 0 radical (unpaired) electrons. The van der Waals surface area contributed by atoms with Gasteiger partial charge in [-0.25, -0.2) is 0 Å². The lowest BCUT2D eigenvalue weighted by Crippen LogP contribution is -2.13. The molecule has 1 heteroatoms. The highest BCUT2D eigenvalue weighted by molar-refractivity contribution is 4.61. The van der Waals surface area contributed by atoms with E-state index in [0.717, 1.165) is 5.92 Å². The van der Waals surface area contributed by atoms with E-state index in [1.54, 1.807) is 0 Å². The number of aliphatic hydroxyl groups excluding tert-OH is 1. The summed E-state index contributed by atoms with van der Waals surface area (Å²) in [7, 11) is 0. The van der Waals surface area contributed by atoms with Gasteiger partial charge in [-0.15, -0.1) is 0 Å². The molecule has 0 saturated carbocycles. The fourth-order valence-corrected chi connectivity index (χ4v) is 2.09. The summed E-state index contributed by atoms with van der Waals surface area (Å²) in [6, 6.07) is 0. The van der Waals surface area contributed by atoms with Crippen LogP contribution in [0.25, 0.3) is 0 Å². The van der Waals surface area contributed by atoms with Gasteiger partial charge in [0.2, 0.25) is 0 Å². The van der Waals surface area contributed by atoms with Crippen LogP contribution in [-0.4, -0.2) is 11.2 Å². The topological polar surface area (TPSA) is 20.2 Å². The molecule has 16 heavy (non-hydrogen) atoms. The lowest BCUT2D eigenvalue weighted by Gasteiger charge is -2.16. The lowest BCUT2D eigenvalue weighted by atomic mass is 9.93. The van der Waals surface area contributed by atoms with Crippen LogP contribution < -0.4 is 0 Å². The Morgan fingerprint density at radius 1 is 0.812 bits per heavy atom. The second kappa shape index (κ2) is 10.1. The number of hydrogen-bond donors (Lipinski definition) is 1. The molecule has 0 aliphatic carbocycles. The summed E-state index contributed by atoms with van der Waals surface area (Å²) in [5, 5.41) is 9.39. The lowest BCUT2D eigenvalue weighted by molar-refractivity contribution is 0.127. The van der Waals surface area contributed by atoms with Crippen molar-refractivity contribution in [3.8, 4) is 0 Å². The molecule has 98 valence electrons. The SMILES string of the molecule is CCCCCC[C@H](C)CCC[C@H](C)[C@H](C)O. The van der Waals surface area contributed by atoms with Crippen LogP contribution in [-0.2, 0) is 0 Å². The normalized spacial score (nSPS) is 17.1. The number of hydrogen-bond acceptors (Lipinski definition) is 1. The largest absolute Gasteiger partial charge is 0.393 e. The Kier molecular flexibility index (Phi) is 10.1. The van der Waals surface area contributed by atoms with Crippen LogP contribution in [0, 0.1) is 11.8 Å². The first-order valence-corrected chi connectivity index (χ1v) is 7.26. The average Bonchev–Trinajstić information content (AvgIpc) is 2.24. The van der Waals surface area contributed by atoms with E-state index in [9.17, 15) is 5.11 Å². The van der Waals surface area contributed by atoms with Gasteiger partial charge in [0.15, 0.2) is 0 Å². The van der Waals surface area contributed by atoms with Gasteiger partial charge >= 0.3 is 0 Å². The highest BCUT2D eigenvalue weighted by Crippen LogP contribution is 2.19. The van der Waals surface area contributed by atoms with Crippen LogP contribution in [0.1, 0.15) is 79.1 Å². The molecule has 0 spiro atoms. The van der Waals surface area contributed by atoms with Crippen molar-refractivity contribution in [2.24, 2.45) is 11.8 Å². The summed E-state index contributed by atoms with van der Waals surface area (Å²) in [6.45, 7) is 8.69. The minimum absolute atomic E-state index is 0.139. The maximum atomic E-state index is 9.39. The van der Waals surface area contributed by atoms with Gasteiger partial charge in [-0.1, -0.05) is 65.7 Å². The van der Waals surface area contributed by atoms with E-state index < -0.39 is 0 Å². The average molecular weight is 228 g/mol. The fraction of sp³-hybridized carbons (Fsp3) is 1.00. The van der Waals surface area contributed by atoms with Crippen LogP contribution in [0.3, 0.4) is 0 Å². The molecule has 0 saturated heterocycles. The van der Waals surface area contributed by atoms with Crippen LogP contribution in [0.15, 0.2) is 0 Å². The zero-order valence-electron chi connectivity index (χ0n) is 11.8. The second-order valence-corrected chi connectivity index (χ2v) is 5.60. The van der Waals surface area contributed by atoms with Crippen LogP contribution in [0.5, 0.6) is 0 Å². The van der Waals surface area contributed by atoms with Gasteiger partial charge in [0.05, 0.1) is 6.10 Å². The van der Waals surface area contributed by atoms with Crippen molar-refractivity contribution in [3.63, 3.8) is 0 Å². The van der Waals surface area contributed by atoms with Crippen LogP contribution >= 0.6 is 0 Å². The van der Waals surface area contributed by atoms with Gasteiger partial charge in [-0.05, 0) is 25.2 Å². The highest BCUT2D eigenvalue weighted by atomic mass is 16.3. The standard InChI is InChI=1S/C15H32O/c1-5-6-7-8-10-13(2)11-9-12-14(3)15(4)16/h13-16H,5-12H2,1-4H3/t13-,14-,15-/m0/s1. The summed E-state index contributed by atoms with van der Waals surface area (Å²) in [6.07, 6.45) is 10.6. The Hall–Kier alpha value is -0.0400. The van der Waals surface area contributed by atoms with Gasteiger partial charge in [-0.3, -0.25) is 0 Å². The minimum atomic E-state index is -0.139. The van der Waals surface area contributed by atoms with E-state index in [1.807, 2.05) is 6.92 Å². The first-order valence-electron chi connectivity index (χ1n) is 7.26. The molecule has 0 aromatic heterocycles. The van der Waals surface area contributed by atoms with E-state index >= 15 is 0 Å². The maximum Gasteiger partial charge on any atom is 0.0537 e. The smallest absolute Gasteiger partial charge is 0.0537 e. The molecule has 0 aliphatic rings. The molecular weight excluding hydrogens is 196 g/mol. The van der Waals surface area contributed by atoms with Gasteiger partial charge in [-0.2, -0.15) is 0 Å². The zero-order valence-corrected chi connectivity index (χ0v) is 11.8. The van der Waals surface area contributed by atoms with E-state index in [1.165, 1.54) is 51.4 Å². The van der Waals surface area contributed by atoms with Crippen molar-refractivity contribution in [2.45, 2.75) is 85.2 Å². The van der Waals surface area contributed by atoms with E-state index in [0.29, 0.717) is 5.92 Å². The third-order valence-corrected chi connectivity index (χ3v) is 3.73. The molecule has 0 unspecified atom stereocenters. The third-order valence-electron chi connectivity index (χ3n) is 3.73. The summed E-state index contributed by atoms with van der Waals surface area (Å²) in [5.74, 6) is 1.34. The van der Waals surface area contributed by atoms with Gasteiger partial charge in [0.25, 0.3) is 0 Å². The fourth-order valence-electron chi connectivity index (χ4n) is 2.09. The minimum Gasteiger partial charge on any atom is -0.393 e. The quantitative estimate of drug-likeness (QED) is 0.533. The first-order chi connectivity index (χ1) is 7.57. The predicted octanol–water partition coefficient (Wildman–Crippen LogP) is 4.78. The molecular formula is C15H32O. The first kappa shape index (κ1) is 16.0. The van der Waals surface area contributed by atoms with Crippen molar-refractivity contribution in [3.05, 3.63) is 0 Å². The Morgan fingerprint density at radius 2 is 1.44 bits per heavy atom. The van der Waals surface area contributed by atoms with Crippen molar-refractivity contribution in [2.75, 3.05) is 0 Å². The van der Waals surface area contributed by atoms with Crippen LogP contribution in [0.2, 0.25) is 0 Å². The molecule has 1 nitrogen and oxygen atoms in total. The molecule has 0 rings (SSSR count). The molecule has 3 atom stereocenters. The summed E-state index contributed by atoms with van der Waals surface area (Å²) in [4.78, 5) is 0. The molecule has 0 aromatic rings. The Morgan fingerprint density at radius 3 is 2.00 bits per heavy atom. The summed E-state index contributed by atoms with van der Waals surface area (Å²) < 4.78 is 0. The third kappa shape index (κ3) is 9.21. The molecule has 0 fully saturated rings. The van der Waals surface area contributed by atoms with Crippen LogP contribution in [0.4, 0.5) is 0 Å². The highest BCUT2D eigenvalue weighted by Gasteiger charge is 2.09. The Bertz CT molecular complexity index is 142. The molecule has 0 amide bonds. The van der Waals surface area contributed by atoms with Crippen molar-refractivity contribution in [1.29, 1.82) is 0 Å². The Balaban J connectivity index is 3.33. The molecule has 0 aliphatic heterocycles. The predicted molar refractivity (Wildman–Crippen MR) is 72.6 cm³/mol. The van der Waals surface area contributed by atoms with Crippen molar-refractivity contribution >= 4 is 0 Å². The summed E-state index contributed by atoms with van der Waals surface area (Å²) >= 11 is 0. The maximum absolute atomic E-state index is 9.39. The van der Waals surface area contributed by atoms with Crippen molar-refractivity contribution < 1.29 is 5.11 Å². The van der Waals surface area contributed by atoms with Crippen molar-refractivity contribution in [1.82, 2.24) is 0 Å². The van der Waals surface area contributed by atoms with E-state index in [4.69, 9.17) is 0 Å². The second-order valence-electron chi connectivity index (χ2n) is 5.60. The Labute approximate surface area is 103 Å². The number of rotatable bonds is 10. The molecule has 1 N–H and O–H groups in total. The van der Waals surface area contributed by atoms with Gasteiger partial charge in [0, 0.05) is 0 Å². The number of unbranched alkanes of at least 4 members (excludes halogenated alkanes) is 3. The summed E-state index contributed by atoms with van der Waals surface area (Å²) in [5.41, 5.74) is 0. The van der Waals surface area contributed by atoms with Gasteiger partial charge < -0.3 is 5.11 Å². The zero-order chi connectivity index (χ0) is 12.4. The monoisotopic (exact) mass is 228 g/mol. The van der Waals surface area contributed by atoms with Gasteiger partial charge in [0.1, 0.15) is 0 Å². The molecule has 0 aromatic carbocycles.